The molecule has 0 bridgehead atoms. The van der Waals surface area contributed by atoms with Crippen molar-refractivity contribution in [2.45, 2.75) is 12.8 Å². The molecule has 0 heterocycles. The normalized spacial score (nSPS) is 10.7. The van der Waals surface area contributed by atoms with E-state index >= 15 is 0 Å². The summed E-state index contributed by atoms with van der Waals surface area (Å²) in [6.07, 6.45) is 3.80. The standard InChI is InChI=1S/C19H19FO3/c1-22-17-11-10-15(19(13-17)23-2)12-16(21)8-5-7-14-6-3-4-9-18(14)20/h3-7,9-11,13H,8,12H2,1-2H3/b7-5+. The van der Waals surface area contributed by atoms with Crippen molar-refractivity contribution in [2.75, 3.05) is 14.2 Å². The fourth-order valence-electron chi connectivity index (χ4n) is 2.21. The monoisotopic (exact) mass is 314 g/mol. The zero-order valence-corrected chi connectivity index (χ0v) is 13.2. The maximum absolute atomic E-state index is 13.5. The molecule has 0 atom stereocenters. The number of methoxy groups -OCH3 is 2. The number of hydrogen-bond donors (Lipinski definition) is 0. The van der Waals surface area contributed by atoms with E-state index in [4.69, 9.17) is 9.47 Å². The molecule has 0 aromatic heterocycles. The summed E-state index contributed by atoms with van der Waals surface area (Å²) in [6.45, 7) is 0. The van der Waals surface area contributed by atoms with Gasteiger partial charge in [-0.25, -0.2) is 4.39 Å². The molecule has 0 aliphatic rings. The average Bonchev–Trinajstić information content (AvgIpc) is 2.57. The SMILES string of the molecule is COc1ccc(CC(=O)C/C=C/c2ccccc2F)c(OC)c1. The van der Waals surface area contributed by atoms with Crippen molar-refractivity contribution < 1.29 is 18.7 Å². The molecule has 0 aliphatic carbocycles. The first-order chi connectivity index (χ1) is 11.1. The first-order valence-electron chi connectivity index (χ1n) is 7.27. The largest absolute Gasteiger partial charge is 0.497 e. The van der Waals surface area contributed by atoms with Crippen molar-refractivity contribution in [1.29, 1.82) is 0 Å². The van der Waals surface area contributed by atoms with E-state index in [1.54, 1.807) is 56.7 Å². The van der Waals surface area contributed by atoms with Crippen molar-refractivity contribution >= 4 is 11.9 Å². The number of rotatable bonds is 7. The Labute approximate surface area is 135 Å². The lowest BCUT2D eigenvalue weighted by Crippen LogP contribution is -2.03. The van der Waals surface area contributed by atoms with E-state index in [1.165, 1.54) is 6.07 Å². The Morgan fingerprint density at radius 2 is 1.91 bits per heavy atom. The van der Waals surface area contributed by atoms with E-state index in [9.17, 15) is 9.18 Å². The highest BCUT2D eigenvalue weighted by molar-refractivity contribution is 5.83. The molecule has 0 unspecified atom stereocenters. The van der Waals surface area contributed by atoms with Crippen LogP contribution in [0.2, 0.25) is 0 Å². The third-order valence-corrected chi connectivity index (χ3v) is 3.43. The lowest BCUT2D eigenvalue weighted by Gasteiger charge is -2.09. The highest BCUT2D eigenvalue weighted by atomic mass is 19.1. The van der Waals surface area contributed by atoms with E-state index in [2.05, 4.69) is 0 Å². The molecule has 2 aromatic carbocycles. The van der Waals surface area contributed by atoms with Gasteiger partial charge in [0.25, 0.3) is 0 Å². The molecule has 23 heavy (non-hydrogen) atoms. The van der Waals surface area contributed by atoms with Gasteiger partial charge in [-0.2, -0.15) is 0 Å². The van der Waals surface area contributed by atoms with Crippen LogP contribution in [0.4, 0.5) is 4.39 Å². The van der Waals surface area contributed by atoms with Crippen LogP contribution in [0.3, 0.4) is 0 Å². The Morgan fingerprint density at radius 1 is 1.13 bits per heavy atom. The first-order valence-corrected chi connectivity index (χ1v) is 7.27. The minimum atomic E-state index is -0.298. The Kier molecular flexibility index (Phi) is 5.92. The average molecular weight is 314 g/mol. The van der Waals surface area contributed by atoms with Crippen molar-refractivity contribution in [1.82, 2.24) is 0 Å². The van der Waals surface area contributed by atoms with Gasteiger partial charge in [0.05, 0.1) is 14.2 Å². The van der Waals surface area contributed by atoms with E-state index in [1.807, 2.05) is 6.07 Å². The van der Waals surface area contributed by atoms with Gasteiger partial charge in [-0.3, -0.25) is 4.79 Å². The van der Waals surface area contributed by atoms with Gasteiger partial charge in [-0.05, 0) is 12.1 Å². The number of Topliss-reactive ketones (excluding diaryl/α,β-unsaturated/α-hetero) is 1. The molecule has 0 N–H and O–H groups in total. The van der Waals surface area contributed by atoms with Crippen molar-refractivity contribution in [3.63, 3.8) is 0 Å². The molecule has 0 spiro atoms. The lowest BCUT2D eigenvalue weighted by atomic mass is 10.0. The molecule has 3 nitrogen and oxygen atoms in total. The summed E-state index contributed by atoms with van der Waals surface area (Å²) >= 11 is 0. The highest BCUT2D eigenvalue weighted by Gasteiger charge is 2.09. The minimum Gasteiger partial charge on any atom is -0.497 e. The number of carbonyl (C=O) groups excluding carboxylic acids is 1. The number of allylic oxidation sites excluding steroid dienone is 1. The van der Waals surface area contributed by atoms with Gasteiger partial charge >= 0.3 is 0 Å². The molecular formula is C19H19FO3. The topological polar surface area (TPSA) is 35.5 Å². The molecule has 0 fully saturated rings. The van der Waals surface area contributed by atoms with Crippen LogP contribution in [-0.4, -0.2) is 20.0 Å². The smallest absolute Gasteiger partial charge is 0.141 e. The second kappa shape index (κ2) is 8.13. The van der Waals surface area contributed by atoms with Crippen LogP contribution in [0.25, 0.3) is 6.08 Å². The molecule has 4 heteroatoms. The quantitative estimate of drug-likeness (QED) is 0.773. The number of carbonyl (C=O) groups is 1. The van der Waals surface area contributed by atoms with Gasteiger partial charge in [0.2, 0.25) is 0 Å². The summed E-state index contributed by atoms with van der Waals surface area (Å²) in [5.74, 6) is 1.03. The third-order valence-electron chi connectivity index (χ3n) is 3.43. The van der Waals surface area contributed by atoms with Gasteiger partial charge in [0, 0.05) is 30.0 Å². The zero-order valence-electron chi connectivity index (χ0n) is 13.2. The number of hydrogen-bond acceptors (Lipinski definition) is 3. The number of ether oxygens (including phenoxy) is 2. The van der Waals surface area contributed by atoms with Crippen molar-refractivity contribution in [3.8, 4) is 11.5 Å². The molecule has 0 saturated heterocycles. The fourth-order valence-corrected chi connectivity index (χ4v) is 2.21. The second-order valence-corrected chi connectivity index (χ2v) is 5.02. The maximum atomic E-state index is 13.5. The molecule has 2 aromatic rings. The summed E-state index contributed by atoms with van der Waals surface area (Å²) in [7, 11) is 3.13. The van der Waals surface area contributed by atoms with E-state index < -0.39 is 0 Å². The summed E-state index contributed by atoms with van der Waals surface area (Å²) in [6, 6.07) is 11.8. The van der Waals surface area contributed by atoms with Crippen LogP contribution < -0.4 is 9.47 Å². The van der Waals surface area contributed by atoms with E-state index in [0.717, 1.165) is 5.56 Å². The summed E-state index contributed by atoms with van der Waals surface area (Å²) < 4.78 is 23.9. The fraction of sp³-hybridized carbons (Fsp3) is 0.211. The Morgan fingerprint density at radius 3 is 2.61 bits per heavy atom. The maximum Gasteiger partial charge on any atom is 0.141 e. The van der Waals surface area contributed by atoms with Gasteiger partial charge in [0.1, 0.15) is 23.1 Å². The van der Waals surface area contributed by atoms with Crippen molar-refractivity contribution in [3.05, 3.63) is 65.5 Å². The van der Waals surface area contributed by atoms with Gasteiger partial charge < -0.3 is 9.47 Å². The van der Waals surface area contributed by atoms with Crippen LogP contribution in [0.5, 0.6) is 11.5 Å². The molecule has 2 rings (SSSR count). The number of ketones is 1. The summed E-state index contributed by atoms with van der Waals surface area (Å²) in [4.78, 5) is 12.1. The van der Waals surface area contributed by atoms with Gasteiger partial charge in [0.15, 0.2) is 0 Å². The Bertz CT molecular complexity index is 708. The van der Waals surface area contributed by atoms with Crippen LogP contribution in [-0.2, 0) is 11.2 Å². The number of benzene rings is 2. The Balaban J connectivity index is 1.99. The van der Waals surface area contributed by atoms with Gasteiger partial charge in [-0.1, -0.05) is 36.4 Å². The van der Waals surface area contributed by atoms with Crippen molar-refractivity contribution in [2.24, 2.45) is 0 Å². The van der Waals surface area contributed by atoms with E-state index in [-0.39, 0.29) is 24.4 Å². The predicted molar refractivity (Wildman–Crippen MR) is 88.3 cm³/mol. The lowest BCUT2D eigenvalue weighted by molar-refractivity contribution is -0.117. The molecule has 0 saturated carbocycles. The Hall–Kier alpha value is -2.62. The van der Waals surface area contributed by atoms with Crippen LogP contribution in [0.1, 0.15) is 17.5 Å². The van der Waals surface area contributed by atoms with E-state index in [0.29, 0.717) is 17.1 Å². The zero-order chi connectivity index (χ0) is 16.7. The minimum absolute atomic E-state index is 0.0288. The summed E-state index contributed by atoms with van der Waals surface area (Å²) in [5, 5.41) is 0. The van der Waals surface area contributed by atoms with Gasteiger partial charge in [-0.15, -0.1) is 0 Å². The molecule has 0 amide bonds. The second-order valence-electron chi connectivity index (χ2n) is 5.02. The van der Waals surface area contributed by atoms with Crippen LogP contribution in [0, 0.1) is 5.82 Å². The summed E-state index contributed by atoms with van der Waals surface area (Å²) in [5.41, 5.74) is 1.28. The van der Waals surface area contributed by atoms with Crippen LogP contribution >= 0.6 is 0 Å². The highest BCUT2D eigenvalue weighted by Crippen LogP contribution is 2.25. The third kappa shape index (κ3) is 4.68. The van der Waals surface area contributed by atoms with Crippen LogP contribution in [0.15, 0.2) is 48.5 Å². The molecular weight excluding hydrogens is 295 g/mol. The predicted octanol–water partition coefficient (Wildman–Crippen LogP) is 4.06. The molecule has 120 valence electrons. The first kappa shape index (κ1) is 16.7. The molecule has 0 radical (unpaired) electrons. The molecule has 0 aliphatic heterocycles. The number of halogens is 1.